The average molecular weight is 409 g/mol. The molecule has 0 aromatic heterocycles. The lowest BCUT2D eigenvalue weighted by atomic mass is 10.1. The number of nitrogens with zero attached hydrogens (tertiary/aromatic N) is 1. The van der Waals surface area contributed by atoms with Crippen LogP contribution < -0.4 is 9.62 Å². The zero-order valence-electron chi connectivity index (χ0n) is 14.3. The van der Waals surface area contributed by atoms with Gasteiger partial charge in [0.15, 0.2) is 0 Å². The molecular weight excluding hydrogens is 392 g/mol. The Labute approximate surface area is 161 Å². The summed E-state index contributed by atoms with van der Waals surface area (Å²) in [5, 5.41) is 9.56. The van der Waals surface area contributed by atoms with Gasteiger partial charge in [-0.3, -0.25) is 14.3 Å². The van der Waals surface area contributed by atoms with Crippen molar-refractivity contribution < 1.29 is 23.1 Å². The average Bonchev–Trinajstić information content (AvgIpc) is 3.00. The van der Waals surface area contributed by atoms with Crippen LogP contribution >= 0.6 is 11.6 Å². The summed E-state index contributed by atoms with van der Waals surface area (Å²) >= 11 is 5.88. The Balaban J connectivity index is 1.80. The monoisotopic (exact) mass is 408 g/mol. The molecule has 1 aliphatic rings. The number of rotatable bonds is 5. The molecule has 1 aliphatic heterocycles. The van der Waals surface area contributed by atoms with Crippen LogP contribution in [0.4, 0.5) is 11.4 Å². The van der Waals surface area contributed by atoms with Crippen molar-refractivity contribution in [3.05, 3.63) is 53.1 Å². The minimum atomic E-state index is -3.82. The second kappa shape index (κ2) is 7.21. The van der Waals surface area contributed by atoms with Gasteiger partial charge >= 0.3 is 5.97 Å². The smallest absolute Gasteiger partial charge is 0.308 e. The summed E-state index contributed by atoms with van der Waals surface area (Å²) in [6.45, 7) is 1.81. The second-order valence-electron chi connectivity index (χ2n) is 6.30. The summed E-state index contributed by atoms with van der Waals surface area (Å²) in [5.74, 6) is -2.07. The highest BCUT2D eigenvalue weighted by atomic mass is 35.5. The Morgan fingerprint density at radius 2 is 1.89 bits per heavy atom. The van der Waals surface area contributed by atoms with Crippen LogP contribution in [0.3, 0.4) is 0 Å². The molecule has 1 saturated heterocycles. The van der Waals surface area contributed by atoms with E-state index >= 15 is 0 Å². The molecule has 0 radical (unpaired) electrons. The van der Waals surface area contributed by atoms with E-state index in [4.69, 9.17) is 16.7 Å². The number of benzene rings is 2. The van der Waals surface area contributed by atoms with E-state index in [2.05, 4.69) is 4.72 Å². The van der Waals surface area contributed by atoms with Crippen LogP contribution in [0, 0.1) is 12.8 Å². The molecule has 1 amide bonds. The maximum absolute atomic E-state index is 12.6. The lowest BCUT2D eigenvalue weighted by Crippen LogP contribution is -2.25. The highest BCUT2D eigenvalue weighted by Crippen LogP contribution is 2.27. The molecule has 2 N–H and O–H groups in total. The highest BCUT2D eigenvalue weighted by molar-refractivity contribution is 7.92. The van der Waals surface area contributed by atoms with Gasteiger partial charge in [0.05, 0.1) is 16.5 Å². The van der Waals surface area contributed by atoms with Crippen molar-refractivity contribution in [1.82, 2.24) is 0 Å². The number of aryl methyl sites for hydroxylation is 1. The van der Waals surface area contributed by atoms with Gasteiger partial charge in [0.1, 0.15) is 0 Å². The molecule has 0 bridgehead atoms. The third-order valence-electron chi connectivity index (χ3n) is 4.37. The number of sulfonamides is 1. The molecule has 9 heteroatoms. The summed E-state index contributed by atoms with van der Waals surface area (Å²) in [6, 6.07) is 10.6. The van der Waals surface area contributed by atoms with Gasteiger partial charge in [-0.15, -0.1) is 0 Å². The molecule has 7 nitrogen and oxygen atoms in total. The Morgan fingerprint density at radius 3 is 2.44 bits per heavy atom. The molecule has 0 spiro atoms. The summed E-state index contributed by atoms with van der Waals surface area (Å²) in [5.41, 5.74) is 1.57. The molecule has 27 heavy (non-hydrogen) atoms. The quantitative estimate of drug-likeness (QED) is 0.791. The number of hydrogen-bond acceptors (Lipinski definition) is 4. The van der Waals surface area contributed by atoms with Crippen LogP contribution in [-0.4, -0.2) is 31.9 Å². The first-order valence-electron chi connectivity index (χ1n) is 8.09. The highest BCUT2D eigenvalue weighted by Gasteiger charge is 2.35. The predicted octanol–water partition coefficient (Wildman–Crippen LogP) is 2.89. The van der Waals surface area contributed by atoms with Gasteiger partial charge in [-0.05, 0) is 55.0 Å². The molecule has 1 atom stereocenters. The fraction of sp³-hybridized carbons (Fsp3) is 0.222. The fourth-order valence-corrected chi connectivity index (χ4v) is 4.23. The minimum Gasteiger partial charge on any atom is -0.481 e. The lowest BCUT2D eigenvalue weighted by molar-refractivity contribution is -0.141. The molecule has 142 valence electrons. The number of carboxylic acid groups (broad SMARTS) is 1. The normalized spacial score (nSPS) is 17.2. The van der Waals surface area contributed by atoms with Crippen LogP contribution in [-0.2, 0) is 19.6 Å². The Morgan fingerprint density at radius 1 is 1.22 bits per heavy atom. The van der Waals surface area contributed by atoms with Crippen LogP contribution in [0.15, 0.2) is 47.4 Å². The van der Waals surface area contributed by atoms with E-state index in [1.165, 1.54) is 29.2 Å². The van der Waals surface area contributed by atoms with Gasteiger partial charge in [0, 0.05) is 23.7 Å². The van der Waals surface area contributed by atoms with E-state index in [1.807, 2.05) is 0 Å². The first-order valence-corrected chi connectivity index (χ1v) is 9.96. The van der Waals surface area contributed by atoms with E-state index in [1.54, 1.807) is 25.1 Å². The van der Waals surface area contributed by atoms with E-state index in [0.29, 0.717) is 22.0 Å². The summed E-state index contributed by atoms with van der Waals surface area (Å²) in [7, 11) is -3.82. The van der Waals surface area contributed by atoms with E-state index in [9.17, 15) is 18.0 Å². The zero-order valence-corrected chi connectivity index (χ0v) is 15.9. The Hall–Kier alpha value is -2.58. The Bertz CT molecular complexity index is 1000. The van der Waals surface area contributed by atoms with Gasteiger partial charge < -0.3 is 10.0 Å². The topological polar surface area (TPSA) is 104 Å². The first-order chi connectivity index (χ1) is 12.7. The van der Waals surface area contributed by atoms with Crippen molar-refractivity contribution in [2.45, 2.75) is 18.2 Å². The zero-order chi connectivity index (χ0) is 19.8. The standard InChI is InChI=1S/C18H17ClN2O5S/c1-11-8-13(19)2-7-16(11)20-27(25,26)15-5-3-14(4-6-15)21-10-12(18(23)24)9-17(21)22/h2-8,12,20H,9-10H2,1H3,(H,23,24)/t12-/m0/s1. The van der Waals surface area contributed by atoms with Crippen molar-refractivity contribution in [3.8, 4) is 0 Å². The molecule has 2 aromatic rings. The molecule has 0 saturated carbocycles. The van der Waals surface area contributed by atoms with Gasteiger partial charge in [-0.25, -0.2) is 8.42 Å². The number of halogens is 1. The number of hydrogen-bond donors (Lipinski definition) is 2. The number of anilines is 2. The third kappa shape index (κ3) is 4.06. The molecule has 0 aliphatic carbocycles. The van der Waals surface area contributed by atoms with Crippen molar-refractivity contribution in [2.75, 3.05) is 16.2 Å². The fourth-order valence-electron chi connectivity index (χ4n) is 2.87. The molecule has 2 aromatic carbocycles. The molecule has 1 fully saturated rings. The van der Waals surface area contributed by atoms with Crippen LogP contribution in [0.1, 0.15) is 12.0 Å². The van der Waals surface area contributed by atoms with Crippen LogP contribution in [0.2, 0.25) is 5.02 Å². The van der Waals surface area contributed by atoms with Crippen molar-refractivity contribution in [2.24, 2.45) is 5.92 Å². The first kappa shape index (κ1) is 19.2. The van der Waals surface area contributed by atoms with Crippen molar-refractivity contribution in [1.29, 1.82) is 0 Å². The summed E-state index contributed by atoms with van der Waals surface area (Å²) in [4.78, 5) is 24.4. The van der Waals surface area contributed by atoms with E-state index in [-0.39, 0.29) is 23.8 Å². The van der Waals surface area contributed by atoms with E-state index < -0.39 is 21.9 Å². The van der Waals surface area contributed by atoms with Gasteiger partial charge in [0.2, 0.25) is 5.91 Å². The number of nitrogens with one attached hydrogen (secondary N) is 1. The molecule has 1 heterocycles. The van der Waals surface area contributed by atoms with Crippen molar-refractivity contribution >= 4 is 44.9 Å². The largest absolute Gasteiger partial charge is 0.481 e. The van der Waals surface area contributed by atoms with Gasteiger partial charge in [-0.2, -0.15) is 0 Å². The third-order valence-corrected chi connectivity index (χ3v) is 5.98. The van der Waals surface area contributed by atoms with Gasteiger partial charge in [-0.1, -0.05) is 11.6 Å². The van der Waals surface area contributed by atoms with Gasteiger partial charge in [0.25, 0.3) is 10.0 Å². The molecule has 3 rings (SSSR count). The number of aliphatic carboxylic acids is 1. The summed E-state index contributed by atoms with van der Waals surface area (Å²) in [6.07, 6.45) is -0.0627. The van der Waals surface area contributed by atoms with Crippen molar-refractivity contribution in [3.63, 3.8) is 0 Å². The SMILES string of the molecule is Cc1cc(Cl)ccc1NS(=O)(=O)c1ccc(N2C[C@@H](C(=O)O)CC2=O)cc1. The number of carboxylic acids is 1. The molecule has 0 unspecified atom stereocenters. The maximum Gasteiger partial charge on any atom is 0.308 e. The number of carbonyl (C=O) groups excluding carboxylic acids is 1. The lowest BCUT2D eigenvalue weighted by Gasteiger charge is -2.17. The predicted molar refractivity (Wildman–Crippen MR) is 102 cm³/mol. The number of amides is 1. The molecular formula is C18H17ClN2O5S. The maximum atomic E-state index is 12.6. The second-order valence-corrected chi connectivity index (χ2v) is 8.42. The van der Waals surface area contributed by atoms with E-state index in [0.717, 1.165) is 0 Å². The van der Waals surface area contributed by atoms with Crippen LogP contribution in [0.5, 0.6) is 0 Å². The minimum absolute atomic E-state index is 0.0297. The Kier molecular flexibility index (Phi) is 5.12. The summed E-state index contributed by atoms with van der Waals surface area (Å²) < 4.78 is 27.7. The van der Waals surface area contributed by atoms with Crippen LogP contribution in [0.25, 0.3) is 0 Å². The number of carbonyl (C=O) groups is 2.